The molecule has 0 radical (unpaired) electrons. The van der Waals surface area contributed by atoms with Gasteiger partial charge in [0, 0.05) is 33.5 Å². The van der Waals surface area contributed by atoms with E-state index in [2.05, 4.69) is 216 Å². The van der Waals surface area contributed by atoms with Gasteiger partial charge in [-0.15, -0.1) is 0 Å². The van der Waals surface area contributed by atoms with Crippen LogP contribution >= 0.6 is 0 Å². The first kappa shape index (κ1) is 30.0. The van der Waals surface area contributed by atoms with Gasteiger partial charge in [0.2, 0.25) is 0 Å². The van der Waals surface area contributed by atoms with Gasteiger partial charge in [0.25, 0.3) is 0 Å². The lowest BCUT2D eigenvalue weighted by Crippen LogP contribution is -2.09. The van der Waals surface area contributed by atoms with Crippen LogP contribution in [0.5, 0.6) is 0 Å². The van der Waals surface area contributed by atoms with Crippen LogP contribution in [0.2, 0.25) is 0 Å². The Morgan fingerprint density at radius 1 is 0.288 bits per heavy atom. The molecule has 0 aliphatic carbocycles. The standard InChI is InChI=1S/C50H34N2/c1-3-11-35(12-4-1)36-21-27-42(28-22-36)51(41-14-5-2-6-15-41)43-29-23-37(24-30-43)40-26-32-50-48(33-40)46-17-9-10-18-49(46)52(50)44-31-25-39-20-19-38-13-7-8-16-45(38)47(39)34-44/h1-34H. The van der Waals surface area contributed by atoms with Gasteiger partial charge >= 0.3 is 0 Å². The monoisotopic (exact) mass is 662 g/mol. The fourth-order valence-corrected chi connectivity index (χ4v) is 7.82. The lowest BCUT2D eigenvalue weighted by Gasteiger charge is -2.26. The van der Waals surface area contributed by atoms with Crippen LogP contribution in [0, 0.1) is 0 Å². The van der Waals surface area contributed by atoms with E-state index in [1.165, 1.54) is 71.3 Å². The highest BCUT2D eigenvalue weighted by Crippen LogP contribution is 2.39. The third-order valence-corrected chi connectivity index (χ3v) is 10.4. The van der Waals surface area contributed by atoms with Crippen molar-refractivity contribution in [3.05, 3.63) is 206 Å². The highest BCUT2D eigenvalue weighted by Gasteiger charge is 2.16. The third kappa shape index (κ3) is 5.12. The molecular weight excluding hydrogens is 629 g/mol. The zero-order valence-electron chi connectivity index (χ0n) is 28.5. The first-order valence-corrected chi connectivity index (χ1v) is 17.8. The Morgan fingerprint density at radius 2 is 0.788 bits per heavy atom. The average Bonchev–Trinajstić information content (AvgIpc) is 3.56. The maximum atomic E-state index is 2.42. The van der Waals surface area contributed by atoms with Crippen molar-refractivity contribution in [1.29, 1.82) is 0 Å². The highest BCUT2D eigenvalue weighted by molar-refractivity contribution is 6.12. The molecule has 0 atom stereocenters. The number of aromatic nitrogens is 1. The van der Waals surface area contributed by atoms with E-state index in [0.717, 1.165) is 17.1 Å². The van der Waals surface area contributed by atoms with Crippen LogP contribution in [0.15, 0.2) is 206 Å². The Hall–Kier alpha value is -6.90. The molecule has 0 amide bonds. The number of anilines is 3. The number of fused-ring (bicyclic) bond motifs is 6. The van der Waals surface area contributed by atoms with E-state index < -0.39 is 0 Å². The zero-order chi connectivity index (χ0) is 34.4. The van der Waals surface area contributed by atoms with Crippen molar-refractivity contribution < 1.29 is 0 Å². The SMILES string of the molecule is c1ccc(-c2ccc(N(c3ccccc3)c3ccc(-c4ccc5c(c4)c4ccccc4n5-c4ccc5ccc6ccccc6c5c4)cc3)cc2)cc1. The van der Waals surface area contributed by atoms with E-state index in [4.69, 9.17) is 0 Å². The van der Waals surface area contributed by atoms with Crippen molar-refractivity contribution in [3.63, 3.8) is 0 Å². The lowest BCUT2D eigenvalue weighted by molar-refractivity contribution is 1.19. The van der Waals surface area contributed by atoms with Crippen LogP contribution in [0.3, 0.4) is 0 Å². The molecule has 52 heavy (non-hydrogen) atoms. The van der Waals surface area contributed by atoms with E-state index in [1.807, 2.05) is 0 Å². The van der Waals surface area contributed by atoms with Gasteiger partial charge in [0.15, 0.2) is 0 Å². The van der Waals surface area contributed by atoms with Crippen molar-refractivity contribution in [3.8, 4) is 27.9 Å². The summed E-state index contributed by atoms with van der Waals surface area (Å²) in [5, 5.41) is 7.57. The number of hydrogen-bond donors (Lipinski definition) is 0. The third-order valence-electron chi connectivity index (χ3n) is 10.4. The molecule has 0 saturated carbocycles. The smallest absolute Gasteiger partial charge is 0.0541 e. The van der Waals surface area contributed by atoms with Crippen molar-refractivity contribution in [1.82, 2.24) is 4.57 Å². The maximum absolute atomic E-state index is 2.42. The Bertz CT molecular complexity index is 2870. The summed E-state index contributed by atoms with van der Waals surface area (Å²) in [6, 6.07) is 74.6. The fourth-order valence-electron chi connectivity index (χ4n) is 7.82. The van der Waals surface area contributed by atoms with E-state index in [9.17, 15) is 0 Å². The van der Waals surface area contributed by atoms with Crippen LogP contribution in [0.25, 0.3) is 71.3 Å². The van der Waals surface area contributed by atoms with Gasteiger partial charge in [-0.2, -0.15) is 0 Å². The fraction of sp³-hybridized carbons (Fsp3) is 0. The summed E-state index contributed by atoms with van der Waals surface area (Å²) in [5.41, 5.74) is 11.8. The van der Waals surface area contributed by atoms with Crippen molar-refractivity contribution in [2.45, 2.75) is 0 Å². The normalized spacial score (nSPS) is 11.5. The van der Waals surface area contributed by atoms with E-state index in [-0.39, 0.29) is 0 Å². The van der Waals surface area contributed by atoms with Crippen molar-refractivity contribution >= 4 is 60.4 Å². The summed E-state index contributed by atoms with van der Waals surface area (Å²) in [7, 11) is 0. The number of nitrogens with zero attached hydrogens (tertiary/aromatic N) is 2. The number of hydrogen-bond acceptors (Lipinski definition) is 1. The van der Waals surface area contributed by atoms with Gasteiger partial charge in [-0.05, 0) is 111 Å². The first-order valence-electron chi connectivity index (χ1n) is 17.8. The minimum absolute atomic E-state index is 1.11. The highest BCUT2D eigenvalue weighted by atomic mass is 15.1. The first-order chi connectivity index (χ1) is 25.8. The topological polar surface area (TPSA) is 8.17 Å². The summed E-state index contributed by atoms with van der Waals surface area (Å²) >= 11 is 0. The molecule has 0 unspecified atom stereocenters. The molecule has 244 valence electrons. The van der Waals surface area contributed by atoms with Crippen LogP contribution in [-0.2, 0) is 0 Å². The minimum atomic E-state index is 1.11. The molecule has 0 fully saturated rings. The molecule has 10 aromatic rings. The van der Waals surface area contributed by atoms with Crippen LogP contribution in [-0.4, -0.2) is 4.57 Å². The second-order valence-electron chi connectivity index (χ2n) is 13.4. The molecule has 0 N–H and O–H groups in total. The molecule has 2 nitrogen and oxygen atoms in total. The van der Waals surface area contributed by atoms with Gasteiger partial charge in [0.05, 0.1) is 11.0 Å². The lowest BCUT2D eigenvalue weighted by atomic mass is 10.0. The molecule has 10 rings (SSSR count). The molecule has 0 bridgehead atoms. The number of para-hydroxylation sites is 2. The molecule has 1 aromatic heterocycles. The molecule has 0 aliphatic rings. The summed E-state index contributed by atoms with van der Waals surface area (Å²) in [6.07, 6.45) is 0. The maximum Gasteiger partial charge on any atom is 0.0541 e. The van der Waals surface area contributed by atoms with Crippen molar-refractivity contribution in [2.75, 3.05) is 4.90 Å². The van der Waals surface area contributed by atoms with Crippen molar-refractivity contribution in [2.24, 2.45) is 0 Å². The molecule has 9 aromatic carbocycles. The number of rotatable bonds is 6. The summed E-state index contributed by atoms with van der Waals surface area (Å²) in [5.74, 6) is 0. The van der Waals surface area contributed by atoms with Crippen LogP contribution in [0.1, 0.15) is 0 Å². The van der Waals surface area contributed by atoms with Crippen LogP contribution in [0.4, 0.5) is 17.1 Å². The predicted molar refractivity (Wildman–Crippen MR) is 221 cm³/mol. The van der Waals surface area contributed by atoms with Gasteiger partial charge in [-0.25, -0.2) is 0 Å². The van der Waals surface area contributed by atoms with Gasteiger partial charge in [-0.1, -0.05) is 140 Å². The molecule has 0 saturated heterocycles. The van der Waals surface area contributed by atoms with Gasteiger partial charge in [0.1, 0.15) is 0 Å². The molecular formula is C50H34N2. The predicted octanol–water partition coefficient (Wildman–Crippen LogP) is 13.9. The Kier molecular flexibility index (Phi) is 7.18. The van der Waals surface area contributed by atoms with Gasteiger partial charge < -0.3 is 9.47 Å². The second-order valence-corrected chi connectivity index (χ2v) is 13.4. The van der Waals surface area contributed by atoms with E-state index in [1.54, 1.807) is 0 Å². The quantitative estimate of drug-likeness (QED) is 0.161. The molecule has 1 heterocycles. The Labute approximate surface area is 303 Å². The molecule has 0 aliphatic heterocycles. The molecule has 2 heteroatoms. The average molecular weight is 663 g/mol. The summed E-state index contributed by atoms with van der Waals surface area (Å²) in [6.45, 7) is 0. The summed E-state index contributed by atoms with van der Waals surface area (Å²) < 4.78 is 2.42. The largest absolute Gasteiger partial charge is 0.311 e. The van der Waals surface area contributed by atoms with E-state index >= 15 is 0 Å². The second kappa shape index (κ2) is 12.5. The summed E-state index contributed by atoms with van der Waals surface area (Å²) in [4.78, 5) is 2.32. The Balaban J connectivity index is 1.04. The minimum Gasteiger partial charge on any atom is -0.311 e. The number of benzene rings is 9. The van der Waals surface area contributed by atoms with Gasteiger partial charge in [-0.3, -0.25) is 0 Å². The molecule has 0 spiro atoms. The Morgan fingerprint density at radius 3 is 1.52 bits per heavy atom. The van der Waals surface area contributed by atoms with Crippen LogP contribution < -0.4 is 4.90 Å². The zero-order valence-corrected chi connectivity index (χ0v) is 28.5. The van der Waals surface area contributed by atoms with E-state index in [0.29, 0.717) is 0 Å².